The van der Waals surface area contributed by atoms with E-state index in [1.807, 2.05) is 42.5 Å². The van der Waals surface area contributed by atoms with Gasteiger partial charge in [0, 0.05) is 6.42 Å². The minimum absolute atomic E-state index is 0.0447. The zero-order chi connectivity index (χ0) is 26.8. The van der Waals surface area contributed by atoms with Crippen molar-refractivity contribution in [3.8, 4) is 11.5 Å². The van der Waals surface area contributed by atoms with Gasteiger partial charge >= 0.3 is 13.7 Å². The first kappa shape index (κ1) is 26.5. The molecule has 5 N–H and O–H groups in total. The van der Waals surface area contributed by atoms with E-state index in [1.54, 1.807) is 72.8 Å². The van der Waals surface area contributed by atoms with Gasteiger partial charge in [-0.15, -0.1) is 0 Å². The number of amidine groups is 1. The Morgan fingerprint density at radius 1 is 0.763 bits per heavy atom. The number of carbonyl (C=O) groups excluding carboxylic acids is 1. The summed E-state index contributed by atoms with van der Waals surface area (Å²) in [6.07, 6.45) is -0.647. The van der Waals surface area contributed by atoms with Gasteiger partial charge in [-0.3, -0.25) is 11.1 Å². The van der Waals surface area contributed by atoms with Crippen LogP contribution < -0.4 is 25.5 Å². The van der Waals surface area contributed by atoms with Crippen LogP contribution in [0.15, 0.2) is 115 Å². The Morgan fingerprint density at radius 3 is 1.76 bits per heavy atom. The maximum Gasteiger partial charge on any atom is 0.453 e. The van der Waals surface area contributed by atoms with Crippen LogP contribution in [0.3, 0.4) is 0 Å². The Kier molecular flexibility index (Phi) is 8.80. The van der Waals surface area contributed by atoms with Gasteiger partial charge in [-0.25, -0.2) is 9.36 Å². The smallest absolute Gasteiger partial charge is 0.445 e. The highest BCUT2D eigenvalue weighted by molar-refractivity contribution is 7.55. The fourth-order valence-corrected chi connectivity index (χ4v) is 5.42. The molecule has 0 aromatic heterocycles. The van der Waals surface area contributed by atoms with Crippen LogP contribution in [0.1, 0.15) is 16.7 Å². The third-order valence-electron chi connectivity index (χ3n) is 5.55. The van der Waals surface area contributed by atoms with Crippen LogP contribution in [0.5, 0.6) is 11.5 Å². The first-order valence-corrected chi connectivity index (χ1v) is 13.6. The van der Waals surface area contributed by atoms with Gasteiger partial charge in [0.1, 0.15) is 18.1 Å². The van der Waals surface area contributed by atoms with Crippen LogP contribution in [0.4, 0.5) is 4.79 Å². The average molecular weight is 531 g/mol. The molecule has 0 fully saturated rings. The van der Waals surface area contributed by atoms with Gasteiger partial charge in [0.2, 0.25) is 0 Å². The highest BCUT2D eigenvalue weighted by atomic mass is 31.2. The molecule has 0 aliphatic rings. The first-order chi connectivity index (χ1) is 18.4. The van der Waals surface area contributed by atoms with Gasteiger partial charge < -0.3 is 19.1 Å². The van der Waals surface area contributed by atoms with E-state index in [1.165, 1.54) is 0 Å². The lowest BCUT2D eigenvalue weighted by atomic mass is 10.1. The standard InChI is InChI=1S/C29H28N3O5P/c30-28(31)24-18-16-22(17-19-24)20-27(32-29(33)35-21-23-10-4-1-5-11-23)38(34,36-25-12-6-2-7-13-25)37-26-14-8-3-9-15-26/h1-19,27H,20-21H2,(H3,30,31)(H,32,33)/p+1. The van der Waals surface area contributed by atoms with E-state index in [9.17, 15) is 9.36 Å². The maximum absolute atomic E-state index is 14.5. The monoisotopic (exact) mass is 530 g/mol. The number of nitrogens with two attached hydrogens (primary N) is 2. The molecule has 8 nitrogen and oxygen atoms in total. The molecule has 4 aromatic rings. The molecule has 9 heteroatoms. The SMILES string of the molecule is NC(=[NH2+])c1ccc(CC(NC(=O)OCc2ccccc2)P(=O)(Oc2ccccc2)Oc2ccccc2)cc1. The number of nitrogens with one attached hydrogen (secondary N) is 1. The van der Waals surface area contributed by atoms with Crippen molar-refractivity contribution in [1.82, 2.24) is 5.32 Å². The lowest BCUT2D eigenvalue weighted by Gasteiger charge is -2.28. The van der Waals surface area contributed by atoms with Gasteiger partial charge in [-0.2, -0.15) is 0 Å². The Morgan fingerprint density at radius 2 is 1.26 bits per heavy atom. The summed E-state index contributed by atoms with van der Waals surface area (Å²) in [5.41, 5.74) is 7.91. The third kappa shape index (κ3) is 7.48. The number of hydrogen-bond acceptors (Lipinski definition) is 5. The fourth-order valence-electron chi connectivity index (χ4n) is 3.60. The number of para-hydroxylation sites is 2. The summed E-state index contributed by atoms with van der Waals surface area (Å²) in [6, 6.07) is 33.6. The second-order valence-electron chi connectivity index (χ2n) is 8.43. The van der Waals surface area contributed by atoms with Gasteiger partial charge in [-0.05, 0) is 47.5 Å². The van der Waals surface area contributed by atoms with E-state index in [0.29, 0.717) is 17.1 Å². The minimum Gasteiger partial charge on any atom is -0.445 e. The number of hydrogen-bond donors (Lipinski definition) is 3. The summed E-state index contributed by atoms with van der Waals surface area (Å²) in [7, 11) is -4.09. The molecule has 4 rings (SSSR count). The summed E-state index contributed by atoms with van der Waals surface area (Å²) < 4.78 is 31.9. The predicted octanol–water partition coefficient (Wildman–Crippen LogP) is 4.30. The van der Waals surface area contributed by atoms with Crippen molar-refractivity contribution in [1.29, 1.82) is 0 Å². The first-order valence-electron chi connectivity index (χ1n) is 11.9. The molecule has 194 valence electrons. The predicted molar refractivity (Wildman–Crippen MR) is 146 cm³/mol. The van der Waals surface area contributed by atoms with Crippen LogP contribution in [0.25, 0.3) is 0 Å². The molecule has 0 aliphatic heterocycles. The Bertz CT molecular complexity index is 1340. The average Bonchev–Trinajstić information content (AvgIpc) is 2.93. The zero-order valence-electron chi connectivity index (χ0n) is 20.6. The zero-order valence-corrected chi connectivity index (χ0v) is 21.5. The van der Waals surface area contributed by atoms with Crippen LogP contribution >= 0.6 is 7.60 Å². The second-order valence-corrected chi connectivity index (χ2v) is 10.5. The van der Waals surface area contributed by atoms with E-state index in [0.717, 1.165) is 11.1 Å². The number of ether oxygens (including phenoxy) is 1. The molecule has 4 aromatic carbocycles. The van der Waals surface area contributed by atoms with E-state index >= 15 is 0 Å². The molecular formula is C29H29N3O5P+. The molecular weight excluding hydrogens is 501 g/mol. The summed E-state index contributed by atoms with van der Waals surface area (Å²) in [6.45, 7) is 0.0447. The summed E-state index contributed by atoms with van der Waals surface area (Å²) in [4.78, 5) is 12.9. The molecule has 1 amide bonds. The Balaban J connectivity index is 1.64. The number of amides is 1. The number of alkyl carbamates (subject to hydrolysis) is 1. The maximum atomic E-state index is 14.5. The van der Waals surface area contributed by atoms with Crippen LogP contribution in [0.2, 0.25) is 0 Å². The molecule has 38 heavy (non-hydrogen) atoms. The molecule has 0 bridgehead atoms. The summed E-state index contributed by atoms with van der Waals surface area (Å²) in [5, 5.41) is 8.42. The van der Waals surface area contributed by atoms with Crippen LogP contribution in [-0.2, 0) is 22.3 Å². The Hall–Kier alpha value is -4.55. The highest BCUT2D eigenvalue weighted by Crippen LogP contribution is 2.53. The minimum atomic E-state index is -4.09. The highest BCUT2D eigenvalue weighted by Gasteiger charge is 2.41. The molecule has 1 unspecified atom stereocenters. The molecule has 0 radical (unpaired) electrons. The molecule has 0 heterocycles. The van der Waals surface area contributed by atoms with Crippen molar-refractivity contribution in [2.75, 3.05) is 0 Å². The molecule has 0 saturated heterocycles. The van der Waals surface area contributed by atoms with Crippen LogP contribution in [-0.4, -0.2) is 17.7 Å². The number of benzene rings is 4. The van der Waals surface area contributed by atoms with Gasteiger partial charge in [0.15, 0.2) is 5.78 Å². The van der Waals surface area contributed by atoms with E-state index in [4.69, 9.17) is 24.9 Å². The Labute approximate surface area is 221 Å². The largest absolute Gasteiger partial charge is 0.453 e. The molecule has 0 aliphatic carbocycles. The molecule has 0 spiro atoms. The quantitative estimate of drug-likeness (QED) is 0.151. The van der Waals surface area contributed by atoms with Crippen molar-refractivity contribution < 1.29 is 28.6 Å². The second kappa shape index (κ2) is 12.6. The van der Waals surface area contributed by atoms with E-state index < -0.39 is 19.5 Å². The topological polar surface area (TPSA) is 125 Å². The van der Waals surface area contributed by atoms with Gasteiger partial charge in [0.25, 0.3) is 5.84 Å². The van der Waals surface area contributed by atoms with Gasteiger partial charge in [-0.1, -0.05) is 78.9 Å². The van der Waals surface area contributed by atoms with E-state index in [2.05, 4.69) is 5.32 Å². The summed E-state index contributed by atoms with van der Waals surface area (Å²) >= 11 is 0. The van der Waals surface area contributed by atoms with E-state index in [-0.39, 0.29) is 18.9 Å². The number of rotatable bonds is 11. The van der Waals surface area contributed by atoms with Crippen molar-refractivity contribution in [3.05, 3.63) is 132 Å². The van der Waals surface area contributed by atoms with Crippen molar-refractivity contribution in [2.45, 2.75) is 18.8 Å². The lowest BCUT2D eigenvalue weighted by molar-refractivity contribution is -0.114. The van der Waals surface area contributed by atoms with Crippen molar-refractivity contribution in [2.24, 2.45) is 5.73 Å². The van der Waals surface area contributed by atoms with Crippen LogP contribution in [0, 0.1) is 0 Å². The normalized spacial score (nSPS) is 11.7. The van der Waals surface area contributed by atoms with Crippen molar-refractivity contribution >= 4 is 19.5 Å². The summed E-state index contributed by atoms with van der Waals surface area (Å²) in [5.74, 6) is -0.258. The fraction of sp³-hybridized carbons (Fsp3) is 0.103. The lowest BCUT2D eigenvalue weighted by Crippen LogP contribution is -2.46. The molecule has 1 atom stereocenters. The number of carbonyl (C=O) groups is 1. The molecule has 0 saturated carbocycles. The third-order valence-corrected chi connectivity index (χ3v) is 7.55. The van der Waals surface area contributed by atoms with Gasteiger partial charge in [0.05, 0.1) is 5.56 Å². The van der Waals surface area contributed by atoms with Crippen molar-refractivity contribution in [3.63, 3.8) is 0 Å².